The Labute approximate surface area is 149 Å². The van der Waals surface area contributed by atoms with Crippen LogP contribution in [-0.2, 0) is 13.1 Å². The number of rotatable bonds is 7. The molecular weight excluding hydrogens is 312 g/mol. The van der Waals surface area contributed by atoms with Gasteiger partial charge in [0.15, 0.2) is 0 Å². The first-order valence-electron chi connectivity index (χ1n) is 9.26. The van der Waals surface area contributed by atoms with Gasteiger partial charge in [0, 0.05) is 31.4 Å². The van der Waals surface area contributed by atoms with E-state index in [2.05, 4.69) is 22.5 Å². The third-order valence-corrected chi connectivity index (χ3v) is 5.30. The lowest BCUT2D eigenvalue weighted by atomic mass is 10.1. The molecule has 5 heteroatoms. The molecule has 0 aliphatic heterocycles. The van der Waals surface area contributed by atoms with E-state index in [1.165, 1.54) is 31.2 Å². The monoisotopic (exact) mass is 338 g/mol. The van der Waals surface area contributed by atoms with E-state index in [-0.39, 0.29) is 6.03 Å². The van der Waals surface area contributed by atoms with Crippen molar-refractivity contribution >= 4 is 6.03 Å². The predicted octanol–water partition coefficient (Wildman–Crippen LogP) is 3.26. The van der Waals surface area contributed by atoms with Crippen molar-refractivity contribution in [3.05, 3.63) is 53.9 Å². The predicted molar refractivity (Wildman–Crippen MR) is 97.0 cm³/mol. The quantitative estimate of drug-likeness (QED) is 0.842. The van der Waals surface area contributed by atoms with Gasteiger partial charge in [-0.25, -0.2) is 4.79 Å². The number of carbonyl (C=O) groups excluding carboxylic acids is 1. The van der Waals surface area contributed by atoms with Crippen LogP contribution in [0.3, 0.4) is 0 Å². The Bertz CT molecular complexity index is 706. The number of nitrogens with one attached hydrogen (secondary N) is 1. The molecule has 0 radical (unpaired) electrons. The highest BCUT2D eigenvalue weighted by Gasteiger charge is 2.44. The Morgan fingerprint density at radius 1 is 1.20 bits per heavy atom. The molecule has 0 atom stereocenters. The average Bonchev–Trinajstić information content (AvgIpc) is 3.55. The summed E-state index contributed by atoms with van der Waals surface area (Å²) in [6, 6.07) is 10.8. The minimum Gasteiger partial charge on any atom is -0.334 e. The largest absolute Gasteiger partial charge is 0.334 e. The molecule has 0 saturated heterocycles. The van der Waals surface area contributed by atoms with Crippen molar-refractivity contribution in [2.45, 2.75) is 44.8 Å². The molecule has 2 saturated carbocycles. The molecule has 1 aromatic heterocycles. The van der Waals surface area contributed by atoms with Gasteiger partial charge in [-0.15, -0.1) is 0 Å². The molecule has 2 aliphatic rings. The van der Waals surface area contributed by atoms with E-state index < -0.39 is 0 Å². The SMILES string of the molecule is CN(C(=O)NCc1cnn(Cc2ccccc2)c1)C(C1CC1)C1CC1. The van der Waals surface area contributed by atoms with E-state index in [1.807, 2.05) is 47.2 Å². The normalized spacial score (nSPS) is 16.9. The molecule has 4 rings (SSSR count). The molecule has 132 valence electrons. The molecule has 0 spiro atoms. The fraction of sp³-hybridized carbons (Fsp3) is 0.500. The average molecular weight is 338 g/mol. The van der Waals surface area contributed by atoms with Crippen molar-refractivity contribution in [1.29, 1.82) is 0 Å². The van der Waals surface area contributed by atoms with Crippen LogP contribution in [0.2, 0.25) is 0 Å². The lowest BCUT2D eigenvalue weighted by molar-refractivity contribution is 0.173. The highest BCUT2D eigenvalue weighted by Crippen LogP contribution is 2.46. The topological polar surface area (TPSA) is 50.2 Å². The van der Waals surface area contributed by atoms with Crippen LogP contribution in [0.5, 0.6) is 0 Å². The number of hydrogen-bond donors (Lipinski definition) is 1. The van der Waals surface area contributed by atoms with Crippen molar-refractivity contribution in [3.8, 4) is 0 Å². The summed E-state index contributed by atoms with van der Waals surface area (Å²) in [7, 11) is 1.95. The van der Waals surface area contributed by atoms with Crippen molar-refractivity contribution in [2.24, 2.45) is 11.8 Å². The molecule has 2 amide bonds. The van der Waals surface area contributed by atoms with Crippen molar-refractivity contribution in [3.63, 3.8) is 0 Å². The summed E-state index contributed by atoms with van der Waals surface area (Å²) in [6.45, 7) is 1.28. The summed E-state index contributed by atoms with van der Waals surface area (Å²) in [6.07, 6.45) is 8.97. The van der Waals surface area contributed by atoms with Crippen LogP contribution in [0.4, 0.5) is 4.79 Å². The highest BCUT2D eigenvalue weighted by atomic mass is 16.2. The molecular formula is C20H26N4O. The van der Waals surface area contributed by atoms with Crippen molar-refractivity contribution < 1.29 is 4.79 Å². The van der Waals surface area contributed by atoms with E-state index in [1.54, 1.807) is 0 Å². The van der Waals surface area contributed by atoms with Crippen LogP contribution < -0.4 is 5.32 Å². The summed E-state index contributed by atoms with van der Waals surface area (Å²) in [5.41, 5.74) is 2.25. The molecule has 2 fully saturated rings. The van der Waals surface area contributed by atoms with Gasteiger partial charge in [-0.2, -0.15) is 5.10 Å². The first-order valence-corrected chi connectivity index (χ1v) is 9.26. The fourth-order valence-electron chi connectivity index (χ4n) is 3.69. The first-order chi connectivity index (χ1) is 12.2. The Morgan fingerprint density at radius 2 is 1.88 bits per heavy atom. The highest BCUT2D eigenvalue weighted by molar-refractivity contribution is 5.74. The van der Waals surface area contributed by atoms with E-state index >= 15 is 0 Å². The zero-order chi connectivity index (χ0) is 17.2. The second-order valence-corrected chi connectivity index (χ2v) is 7.47. The van der Waals surface area contributed by atoms with Crippen LogP contribution in [0, 0.1) is 11.8 Å². The van der Waals surface area contributed by atoms with E-state index in [4.69, 9.17) is 0 Å². The maximum Gasteiger partial charge on any atom is 0.317 e. The zero-order valence-electron chi connectivity index (χ0n) is 14.8. The molecule has 0 bridgehead atoms. The number of urea groups is 1. The van der Waals surface area contributed by atoms with Gasteiger partial charge in [0.05, 0.1) is 12.7 Å². The van der Waals surface area contributed by atoms with Gasteiger partial charge in [0.25, 0.3) is 0 Å². The summed E-state index contributed by atoms with van der Waals surface area (Å²) in [5, 5.41) is 7.45. The zero-order valence-corrected chi connectivity index (χ0v) is 14.8. The van der Waals surface area contributed by atoms with E-state index in [0.29, 0.717) is 12.6 Å². The van der Waals surface area contributed by atoms with Gasteiger partial charge in [0.2, 0.25) is 0 Å². The smallest absolute Gasteiger partial charge is 0.317 e. The van der Waals surface area contributed by atoms with Crippen LogP contribution in [0.1, 0.15) is 36.8 Å². The Morgan fingerprint density at radius 3 is 2.52 bits per heavy atom. The standard InChI is InChI=1S/C20H26N4O/c1-23(19(17-7-8-17)18-9-10-18)20(25)21-11-16-12-22-24(14-16)13-15-5-3-2-4-6-15/h2-6,12,14,17-19H,7-11,13H2,1H3,(H,21,25). The van der Waals surface area contributed by atoms with E-state index in [9.17, 15) is 4.79 Å². The van der Waals surface area contributed by atoms with Crippen molar-refractivity contribution in [2.75, 3.05) is 7.05 Å². The first kappa shape index (κ1) is 16.2. The van der Waals surface area contributed by atoms with E-state index in [0.717, 1.165) is 23.9 Å². The van der Waals surface area contributed by atoms with Gasteiger partial charge in [-0.05, 0) is 43.1 Å². The Hall–Kier alpha value is -2.30. The second kappa shape index (κ2) is 6.90. The Kier molecular flexibility index (Phi) is 4.47. The lowest BCUT2D eigenvalue weighted by Crippen LogP contribution is -2.45. The Balaban J connectivity index is 1.30. The molecule has 1 heterocycles. The van der Waals surface area contributed by atoms with Gasteiger partial charge in [0.1, 0.15) is 0 Å². The minimum atomic E-state index is 0.0413. The molecule has 2 aromatic rings. The van der Waals surface area contributed by atoms with Gasteiger partial charge < -0.3 is 10.2 Å². The molecule has 1 N–H and O–H groups in total. The number of hydrogen-bond acceptors (Lipinski definition) is 2. The van der Waals surface area contributed by atoms with Crippen LogP contribution in [0.25, 0.3) is 0 Å². The van der Waals surface area contributed by atoms with Crippen LogP contribution in [-0.4, -0.2) is 33.8 Å². The maximum absolute atomic E-state index is 12.5. The third kappa shape index (κ3) is 4.03. The maximum atomic E-state index is 12.5. The summed E-state index contributed by atoms with van der Waals surface area (Å²) >= 11 is 0. The molecule has 2 aliphatic carbocycles. The van der Waals surface area contributed by atoms with Crippen molar-refractivity contribution in [1.82, 2.24) is 20.0 Å². The van der Waals surface area contributed by atoms with Crippen LogP contribution in [0.15, 0.2) is 42.7 Å². The number of benzene rings is 1. The van der Waals surface area contributed by atoms with Gasteiger partial charge >= 0.3 is 6.03 Å². The molecule has 0 unspecified atom stereocenters. The number of aromatic nitrogens is 2. The number of carbonyl (C=O) groups is 1. The second-order valence-electron chi connectivity index (χ2n) is 7.47. The molecule has 1 aromatic carbocycles. The van der Waals surface area contributed by atoms with Gasteiger partial charge in [-0.1, -0.05) is 30.3 Å². The molecule has 5 nitrogen and oxygen atoms in total. The summed E-state index contributed by atoms with van der Waals surface area (Å²) in [5.74, 6) is 1.47. The lowest BCUT2D eigenvalue weighted by Gasteiger charge is -2.28. The van der Waals surface area contributed by atoms with Crippen LogP contribution >= 0.6 is 0 Å². The fourth-order valence-corrected chi connectivity index (χ4v) is 3.69. The molecule has 25 heavy (non-hydrogen) atoms. The third-order valence-electron chi connectivity index (χ3n) is 5.30. The minimum absolute atomic E-state index is 0.0413. The summed E-state index contributed by atoms with van der Waals surface area (Å²) in [4.78, 5) is 14.5. The van der Waals surface area contributed by atoms with Gasteiger partial charge in [-0.3, -0.25) is 4.68 Å². The number of nitrogens with zero attached hydrogens (tertiary/aromatic N) is 3. The number of amides is 2. The summed E-state index contributed by atoms with van der Waals surface area (Å²) < 4.78 is 1.91.